The summed E-state index contributed by atoms with van der Waals surface area (Å²) in [6, 6.07) is 0. The minimum Gasteiger partial charge on any atom is -0.362 e. The van der Waals surface area contributed by atoms with Gasteiger partial charge in [-0.05, 0) is 0 Å². The van der Waals surface area contributed by atoms with Gasteiger partial charge in [0.2, 0.25) is 0 Å². The second kappa shape index (κ2) is 3.47. The van der Waals surface area contributed by atoms with Gasteiger partial charge in [-0.25, -0.2) is 0 Å². The molecule has 0 fully saturated rings. The first-order valence-electron chi connectivity index (χ1n) is 2.38. The Morgan fingerprint density at radius 3 is 1.62 bits per heavy atom. The molecule has 0 aromatic rings. The van der Waals surface area contributed by atoms with Crippen molar-refractivity contribution in [3.8, 4) is 0 Å². The maximum Gasteiger partial charge on any atom is 0.0887 e. The minimum atomic E-state index is 0. The summed E-state index contributed by atoms with van der Waals surface area (Å²) in [7, 11) is 4.11. The quantitative estimate of drug-likeness (QED) is 0.537. The third kappa shape index (κ3) is 2.14. The number of nitrogens with zero attached hydrogens (tertiary/aromatic N) is 2. The molecule has 0 unspecified atom stereocenters. The van der Waals surface area contributed by atoms with Crippen molar-refractivity contribution in [3.63, 3.8) is 0 Å². The van der Waals surface area contributed by atoms with Crippen molar-refractivity contribution in [2.24, 2.45) is 0 Å². The molecule has 0 aromatic carbocycles. The molecule has 0 saturated carbocycles. The van der Waals surface area contributed by atoms with Crippen LogP contribution in [0.3, 0.4) is 0 Å². The molecule has 0 atom stereocenters. The minimum absolute atomic E-state index is 0. The predicted octanol–water partition coefficient (Wildman–Crippen LogP) is 0.290. The van der Waals surface area contributed by atoms with Gasteiger partial charge in [0.05, 0.1) is 6.67 Å². The summed E-state index contributed by atoms with van der Waals surface area (Å²) in [5.74, 6) is 0. The van der Waals surface area contributed by atoms with E-state index in [0.717, 1.165) is 6.67 Å². The van der Waals surface area contributed by atoms with Gasteiger partial charge in [0.1, 0.15) is 0 Å². The fourth-order valence-electron chi connectivity index (χ4n) is 0.674. The number of hydrogen-bond acceptors (Lipinski definition) is 2. The Hall–Kier alpha value is 0.444. The van der Waals surface area contributed by atoms with Crippen LogP contribution in [-0.2, 0) is 32.7 Å². The van der Waals surface area contributed by atoms with E-state index >= 15 is 0 Å². The summed E-state index contributed by atoms with van der Waals surface area (Å²) in [5.41, 5.74) is 0. The van der Waals surface area contributed by atoms with Gasteiger partial charge in [0.25, 0.3) is 0 Å². The Bertz CT molecular complexity index is 82.4. The van der Waals surface area contributed by atoms with E-state index in [4.69, 9.17) is 0 Å². The molecule has 8 heavy (non-hydrogen) atoms. The molecule has 0 N–H and O–H groups in total. The van der Waals surface area contributed by atoms with Crippen LogP contribution >= 0.6 is 0 Å². The Balaban J connectivity index is 0.000000490. The number of hydrogen-bond donors (Lipinski definition) is 0. The summed E-state index contributed by atoms with van der Waals surface area (Å²) >= 11 is 0. The van der Waals surface area contributed by atoms with Crippen LogP contribution in [0.5, 0.6) is 0 Å². The van der Waals surface area contributed by atoms with Gasteiger partial charge in [-0.2, -0.15) is 0 Å². The van der Waals surface area contributed by atoms with Crippen molar-refractivity contribution in [1.82, 2.24) is 9.80 Å². The standard InChI is InChI=1S/C5H10N2.Y/c1-6-3-4-7(2)5-6;/h3-4H,5H2,1-2H3;. The molecule has 3 heteroatoms. The monoisotopic (exact) mass is 187 g/mol. The third-order valence-corrected chi connectivity index (χ3v) is 1.02. The maximum absolute atomic E-state index is 2.12. The summed E-state index contributed by atoms with van der Waals surface area (Å²) < 4.78 is 0. The molecule has 0 aliphatic carbocycles. The molecule has 0 aromatic heterocycles. The summed E-state index contributed by atoms with van der Waals surface area (Å²) in [4.78, 5) is 4.25. The Kier molecular flexibility index (Phi) is 3.66. The van der Waals surface area contributed by atoms with Gasteiger partial charge < -0.3 is 9.80 Å². The third-order valence-electron chi connectivity index (χ3n) is 1.02. The van der Waals surface area contributed by atoms with E-state index < -0.39 is 0 Å². The summed E-state index contributed by atoms with van der Waals surface area (Å²) in [6.07, 6.45) is 4.11. The Labute approximate surface area is 75.4 Å². The average Bonchev–Trinajstić information content (AvgIpc) is 1.87. The Morgan fingerprint density at radius 1 is 1.12 bits per heavy atom. The van der Waals surface area contributed by atoms with Crippen LogP contribution in [0.15, 0.2) is 12.4 Å². The molecule has 0 bridgehead atoms. The maximum atomic E-state index is 2.12. The fraction of sp³-hybridized carbons (Fsp3) is 0.600. The van der Waals surface area contributed by atoms with Crippen molar-refractivity contribution in [1.29, 1.82) is 0 Å². The summed E-state index contributed by atoms with van der Waals surface area (Å²) in [6.45, 7) is 1.03. The van der Waals surface area contributed by atoms with Gasteiger partial charge in [-0.3, -0.25) is 0 Å². The van der Waals surface area contributed by atoms with Crippen LogP contribution in [-0.4, -0.2) is 30.6 Å². The van der Waals surface area contributed by atoms with Gasteiger partial charge in [0, 0.05) is 59.2 Å². The van der Waals surface area contributed by atoms with Crippen LogP contribution in [0, 0.1) is 0 Å². The molecule has 1 rings (SSSR count). The number of rotatable bonds is 0. The van der Waals surface area contributed by atoms with Crippen molar-refractivity contribution in [2.45, 2.75) is 0 Å². The normalized spacial score (nSPS) is 16.8. The molecular formula is C5H10N2Y. The van der Waals surface area contributed by atoms with Crippen molar-refractivity contribution in [3.05, 3.63) is 12.4 Å². The van der Waals surface area contributed by atoms with Gasteiger partial charge >= 0.3 is 0 Å². The molecule has 1 aliphatic rings. The van der Waals surface area contributed by atoms with Gasteiger partial charge in [-0.15, -0.1) is 0 Å². The van der Waals surface area contributed by atoms with Gasteiger partial charge in [-0.1, -0.05) is 0 Å². The van der Waals surface area contributed by atoms with E-state index in [-0.39, 0.29) is 32.7 Å². The summed E-state index contributed by atoms with van der Waals surface area (Å²) in [5, 5.41) is 0. The molecule has 0 saturated heterocycles. The first-order valence-corrected chi connectivity index (χ1v) is 2.38. The van der Waals surface area contributed by atoms with Crippen LogP contribution in [0.2, 0.25) is 0 Å². The molecule has 0 spiro atoms. The Morgan fingerprint density at radius 2 is 1.50 bits per heavy atom. The molecule has 1 radical (unpaired) electrons. The van der Waals surface area contributed by atoms with E-state index in [9.17, 15) is 0 Å². The average molecular weight is 187 g/mol. The zero-order valence-electron chi connectivity index (χ0n) is 5.33. The van der Waals surface area contributed by atoms with Crippen LogP contribution in [0.25, 0.3) is 0 Å². The van der Waals surface area contributed by atoms with E-state index in [1.54, 1.807) is 0 Å². The topological polar surface area (TPSA) is 6.48 Å². The van der Waals surface area contributed by atoms with Crippen molar-refractivity contribution < 1.29 is 32.7 Å². The van der Waals surface area contributed by atoms with Crippen LogP contribution in [0.4, 0.5) is 0 Å². The van der Waals surface area contributed by atoms with E-state index in [1.807, 2.05) is 0 Å². The second-order valence-electron chi connectivity index (χ2n) is 1.95. The zero-order valence-corrected chi connectivity index (χ0v) is 8.17. The SMILES string of the molecule is CN1C=CN(C)C1.[Y]. The smallest absolute Gasteiger partial charge is 0.0887 e. The molecule has 1 heterocycles. The van der Waals surface area contributed by atoms with Crippen molar-refractivity contribution in [2.75, 3.05) is 20.8 Å². The largest absolute Gasteiger partial charge is 0.362 e. The van der Waals surface area contributed by atoms with E-state index in [0.29, 0.717) is 0 Å². The second-order valence-corrected chi connectivity index (χ2v) is 1.95. The predicted molar refractivity (Wildman–Crippen MR) is 29.5 cm³/mol. The first-order chi connectivity index (χ1) is 3.29. The van der Waals surface area contributed by atoms with Crippen LogP contribution in [0.1, 0.15) is 0 Å². The van der Waals surface area contributed by atoms with Crippen LogP contribution < -0.4 is 0 Å². The first kappa shape index (κ1) is 8.44. The van der Waals surface area contributed by atoms with Gasteiger partial charge in [0.15, 0.2) is 0 Å². The van der Waals surface area contributed by atoms with E-state index in [2.05, 4.69) is 36.3 Å². The van der Waals surface area contributed by atoms with E-state index in [1.165, 1.54) is 0 Å². The molecule has 0 amide bonds. The molecule has 43 valence electrons. The molecular weight excluding hydrogens is 177 g/mol. The fourth-order valence-corrected chi connectivity index (χ4v) is 0.674. The molecule has 2 nitrogen and oxygen atoms in total. The van der Waals surface area contributed by atoms with Crippen molar-refractivity contribution >= 4 is 0 Å². The molecule has 1 aliphatic heterocycles. The zero-order chi connectivity index (χ0) is 5.28.